The molecule has 0 fully saturated rings. The van der Waals surface area contributed by atoms with E-state index < -0.39 is 0 Å². The van der Waals surface area contributed by atoms with Crippen molar-refractivity contribution >= 4 is 0 Å². The average molecular weight is 167 g/mol. The summed E-state index contributed by atoms with van der Waals surface area (Å²) in [4.78, 5) is 2.43. The van der Waals surface area contributed by atoms with Crippen molar-refractivity contribution in [3.63, 3.8) is 0 Å². The highest BCUT2D eigenvalue weighted by molar-refractivity contribution is 5.20. The summed E-state index contributed by atoms with van der Waals surface area (Å²) in [6.45, 7) is 9.34. The lowest BCUT2D eigenvalue weighted by atomic mass is 9.90. The average Bonchev–Trinajstić information content (AvgIpc) is 2.04. The molecule has 0 bridgehead atoms. The van der Waals surface area contributed by atoms with E-state index in [-0.39, 0.29) is 0 Å². The number of nitrogens with zero attached hydrogens (tertiary/aromatic N) is 1. The van der Waals surface area contributed by atoms with E-state index >= 15 is 0 Å². The van der Waals surface area contributed by atoms with Crippen molar-refractivity contribution in [1.29, 1.82) is 0 Å². The molecule has 1 aliphatic heterocycles. The lowest BCUT2D eigenvalue weighted by Crippen LogP contribution is -2.29. The third-order valence-electron chi connectivity index (χ3n) is 2.81. The molecule has 1 nitrogen and oxygen atoms in total. The first-order chi connectivity index (χ1) is 5.65. The van der Waals surface area contributed by atoms with Gasteiger partial charge in [0, 0.05) is 13.1 Å². The van der Waals surface area contributed by atoms with Crippen molar-refractivity contribution < 1.29 is 0 Å². The minimum Gasteiger partial charge on any atom is -0.302 e. The van der Waals surface area contributed by atoms with E-state index in [0.29, 0.717) is 0 Å². The second-order valence-corrected chi connectivity index (χ2v) is 4.12. The zero-order valence-corrected chi connectivity index (χ0v) is 8.85. The predicted octanol–water partition coefficient (Wildman–Crippen LogP) is 2.68. The van der Waals surface area contributed by atoms with Gasteiger partial charge in [-0.1, -0.05) is 31.9 Å². The van der Waals surface area contributed by atoms with Gasteiger partial charge in [-0.05, 0) is 25.8 Å². The fraction of sp³-hybridized carbons (Fsp3) is 0.818. The van der Waals surface area contributed by atoms with Gasteiger partial charge in [0.15, 0.2) is 0 Å². The van der Waals surface area contributed by atoms with Crippen LogP contribution in [0.15, 0.2) is 11.1 Å². The van der Waals surface area contributed by atoms with E-state index in [1.54, 1.807) is 11.1 Å². The molecule has 1 heteroatoms. The lowest BCUT2D eigenvalue weighted by molar-refractivity contribution is 0.332. The zero-order valence-electron chi connectivity index (χ0n) is 8.85. The van der Waals surface area contributed by atoms with Gasteiger partial charge < -0.3 is 4.90 Å². The van der Waals surface area contributed by atoms with Gasteiger partial charge in [0.25, 0.3) is 0 Å². The van der Waals surface area contributed by atoms with Gasteiger partial charge in [0.05, 0.1) is 0 Å². The van der Waals surface area contributed by atoms with Gasteiger partial charge in [-0.25, -0.2) is 0 Å². The molecule has 0 saturated carbocycles. The quantitative estimate of drug-likeness (QED) is 0.572. The second kappa shape index (κ2) is 4.08. The molecule has 1 heterocycles. The molecule has 0 aliphatic carbocycles. The molecule has 0 amide bonds. The van der Waals surface area contributed by atoms with Gasteiger partial charge in [-0.15, -0.1) is 0 Å². The molecule has 0 atom stereocenters. The van der Waals surface area contributed by atoms with E-state index in [9.17, 15) is 0 Å². The van der Waals surface area contributed by atoms with Gasteiger partial charge in [-0.3, -0.25) is 0 Å². The standard InChI is InChI=1S/C11H21N/c1-5-10-6-7-12(4)8-11(10)9(2)3/h9H,5-8H2,1-4H3. The molecule has 0 radical (unpaired) electrons. The Morgan fingerprint density at radius 2 is 2.08 bits per heavy atom. The SMILES string of the molecule is CCC1=C(C(C)C)CN(C)CC1. The van der Waals surface area contributed by atoms with Gasteiger partial charge in [0.1, 0.15) is 0 Å². The molecule has 1 aliphatic rings. The van der Waals surface area contributed by atoms with Crippen molar-refractivity contribution in [3.05, 3.63) is 11.1 Å². The molecule has 0 spiro atoms. The van der Waals surface area contributed by atoms with Crippen molar-refractivity contribution in [3.8, 4) is 0 Å². The fourth-order valence-electron chi connectivity index (χ4n) is 1.96. The van der Waals surface area contributed by atoms with E-state index in [1.165, 1.54) is 25.9 Å². The van der Waals surface area contributed by atoms with Crippen molar-refractivity contribution in [1.82, 2.24) is 4.90 Å². The van der Waals surface area contributed by atoms with Crippen LogP contribution in [0.1, 0.15) is 33.6 Å². The first-order valence-electron chi connectivity index (χ1n) is 5.04. The monoisotopic (exact) mass is 167 g/mol. The molecule has 0 aromatic heterocycles. The molecule has 0 saturated heterocycles. The third kappa shape index (κ3) is 2.10. The molecule has 70 valence electrons. The van der Waals surface area contributed by atoms with Gasteiger partial charge >= 0.3 is 0 Å². The van der Waals surface area contributed by atoms with Crippen LogP contribution in [0.3, 0.4) is 0 Å². The van der Waals surface area contributed by atoms with Crippen molar-refractivity contribution in [2.75, 3.05) is 20.1 Å². The summed E-state index contributed by atoms with van der Waals surface area (Å²) in [7, 11) is 2.22. The number of hydrogen-bond donors (Lipinski definition) is 0. The van der Waals surface area contributed by atoms with Crippen LogP contribution in [0, 0.1) is 5.92 Å². The summed E-state index contributed by atoms with van der Waals surface area (Å²) in [5.41, 5.74) is 3.40. The highest BCUT2D eigenvalue weighted by atomic mass is 15.1. The van der Waals surface area contributed by atoms with Crippen LogP contribution >= 0.6 is 0 Å². The molecular formula is C11H21N. The molecule has 0 unspecified atom stereocenters. The van der Waals surface area contributed by atoms with Crippen LogP contribution in [-0.4, -0.2) is 25.0 Å². The Morgan fingerprint density at radius 3 is 2.58 bits per heavy atom. The first-order valence-corrected chi connectivity index (χ1v) is 5.04. The summed E-state index contributed by atoms with van der Waals surface area (Å²) in [5, 5.41) is 0. The molecular weight excluding hydrogens is 146 g/mol. The maximum absolute atomic E-state index is 2.43. The van der Waals surface area contributed by atoms with E-state index in [0.717, 1.165) is 5.92 Å². The highest BCUT2D eigenvalue weighted by Crippen LogP contribution is 2.24. The first kappa shape index (κ1) is 9.79. The Kier molecular flexibility index (Phi) is 3.33. The molecule has 0 aromatic carbocycles. The highest BCUT2D eigenvalue weighted by Gasteiger charge is 2.16. The minimum atomic E-state index is 0.739. The Morgan fingerprint density at radius 1 is 1.42 bits per heavy atom. The van der Waals surface area contributed by atoms with Crippen molar-refractivity contribution in [2.45, 2.75) is 33.6 Å². The van der Waals surface area contributed by atoms with Crippen LogP contribution in [0.25, 0.3) is 0 Å². The molecule has 1 rings (SSSR count). The van der Waals surface area contributed by atoms with Crippen molar-refractivity contribution in [2.24, 2.45) is 5.92 Å². The largest absolute Gasteiger partial charge is 0.302 e. The lowest BCUT2D eigenvalue weighted by Gasteiger charge is -2.29. The normalized spacial score (nSPS) is 20.8. The molecule has 0 N–H and O–H groups in total. The Labute approximate surface area is 76.5 Å². The minimum absolute atomic E-state index is 0.739. The summed E-state index contributed by atoms with van der Waals surface area (Å²) in [6, 6.07) is 0. The summed E-state index contributed by atoms with van der Waals surface area (Å²) in [6.07, 6.45) is 2.54. The Bertz CT molecular complexity index is 179. The smallest absolute Gasteiger partial charge is 0.0195 e. The predicted molar refractivity (Wildman–Crippen MR) is 54.3 cm³/mol. The van der Waals surface area contributed by atoms with E-state index in [2.05, 4.69) is 32.7 Å². The topological polar surface area (TPSA) is 3.24 Å². The number of hydrogen-bond acceptors (Lipinski definition) is 1. The van der Waals surface area contributed by atoms with Crippen LogP contribution in [0.5, 0.6) is 0 Å². The summed E-state index contributed by atoms with van der Waals surface area (Å²) < 4.78 is 0. The maximum Gasteiger partial charge on any atom is 0.0195 e. The Hall–Kier alpha value is -0.300. The molecule has 0 aromatic rings. The van der Waals surface area contributed by atoms with Crippen LogP contribution < -0.4 is 0 Å². The van der Waals surface area contributed by atoms with E-state index in [1.807, 2.05) is 0 Å². The maximum atomic E-state index is 2.43. The zero-order chi connectivity index (χ0) is 9.14. The second-order valence-electron chi connectivity index (χ2n) is 4.12. The van der Waals surface area contributed by atoms with Crippen LogP contribution in [-0.2, 0) is 0 Å². The number of likely N-dealkylation sites (N-methyl/N-ethyl adjacent to an activating group) is 1. The number of rotatable bonds is 2. The summed E-state index contributed by atoms with van der Waals surface area (Å²) >= 11 is 0. The third-order valence-corrected chi connectivity index (χ3v) is 2.81. The Balaban J connectivity index is 2.77. The molecule has 12 heavy (non-hydrogen) atoms. The van der Waals surface area contributed by atoms with Crippen LogP contribution in [0.4, 0.5) is 0 Å². The van der Waals surface area contributed by atoms with E-state index in [4.69, 9.17) is 0 Å². The van der Waals surface area contributed by atoms with Gasteiger partial charge in [-0.2, -0.15) is 0 Å². The van der Waals surface area contributed by atoms with Crippen LogP contribution in [0.2, 0.25) is 0 Å². The fourth-order valence-corrected chi connectivity index (χ4v) is 1.96. The summed E-state index contributed by atoms with van der Waals surface area (Å²) in [5.74, 6) is 0.739. The van der Waals surface area contributed by atoms with Gasteiger partial charge in [0.2, 0.25) is 0 Å².